The number of carbonyl (C=O) groups excluding carboxylic acids is 1. The van der Waals surface area contributed by atoms with Crippen molar-refractivity contribution in [2.24, 2.45) is 11.8 Å². The predicted molar refractivity (Wildman–Crippen MR) is 116 cm³/mol. The van der Waals surface area contributed by atoms with E-state index in [0.29, 0.717) is 24.4 Å². The molecule has 1 aromatic carbocycles. The fraction of sp³-hybridized carbons (Fsp3) is 0.696. The lowest BCUT2D eigenvalue weighted by molar-refractivity contribution is -0.0523. The summed E-state index contributed by atoms with van der Waals surface area (Å²) in [5.41, 5.74) is 0.130. The highest BCUT2D eigenvalue weighted by molar-refractivity contribution is 7.89. The summed E-state index contributed by atoms with van der Waals surface area (Å²) < 4.78 is 34.5. The van der Waals surface area contributed by atoms with E-state index in [4.69, 9.17) is 4.74 Å². The summed E-state index contributed by atoms with van der Waals surface area (Å²) >= 11 is 0. The first-order chi connectivity index (χ1) is 14.5. The van der Waals surface area contributed by atoms with Gasteiger partial charge in [-0.2, -0.15) is 4.31 Å². The van der Waals surface area contributed by atoms with Gasteiger partial charge in [-0.25, -0.2) is 13.2 Å². The maximum absolute atomic E-state index is 13.9. The monoisotopic (exact) mass is 434 g/mol. The van der Waals surface area contributed by atoms with Crippen molar-refractivity contribution in [1.29, 1.82) is 0 Å². The number of hydrogen-bond acceptors (Lipinski definition) is 5. The maximum Gasteiger partial charge on any atom is 0.339 e. The van der Waals surface area contributed by atoms with Crippen LogP contribution in [0.4, 0.5) is 0 Å². The number of sulfonamides is 1. The first kappa shape index (κ1) is 21.8. The second-order valence-electron chi connectivity index (χ2n) is 9.01. The molecule has 7 heteroatoms. The number of nitrogens with zero attached hydrogens (tertiary/aromatic N) is 2. The minimum Gasteiger partial charge on any atom is -0.465 e. The van der Waals surface area contributed by atoms with Crippen molar-refractivity contribution < 1.29 is 17.9 Å². The first-order valence-electron chi connectivity index (χ1n) is 11.4. The van der Waals surface area contributed by atoms with Gasteiger partial charge in [0.1, 0.15) is 0 Å². The minimum absolute atomic E-state index is 0.00260. The Morgan fingerprint density at radius 2 is 1.90 bits per heavy atom. The molecule has 30 heavy (non-hydrogen) atoms. The quantitative estimate of drug-likeness (QED) is 0.641. The van der Waals surface area contributed by atoms with Crippen LogP contribution in [0.3, 0.4) is 0 Å². The van der Waals surface area contributed by atoms with Crippen LogP contribution < -0.4 is 0 Å². The van der Waals surface area contributed by atoms with Gasteiger partial charge >= 0.3 is 5.97 Å². The Hall–Kier alpha value is -1.44. The molecule has 0 bridgehead atoms. The molecule has 0 saturated carbocycles. The normalized spacial score (nSPS) is 29.9. The smallest absolute Gasteiger partial charge is 0.339 e. The van der Waals surface area contributed by atoms with Crippen LogP contribution in [0, 0.1) is 11.8 Å². The van der Waals surface area contributed by atoms with Crippen LogP contribution in [0.15, 0.2) is 29.2 Å². The molecular weight excluding hydrogens is 400 g/mol. The molecule has 3 fully saturated rings. The van der Waals surface area contributed by atoms with E-state index < -0.39 is 16.0 Å². The largest absolute Gasteiger partial charge is 0.465 e. The number of unbranched alkanes of at least 4 members (excludes halogenated alkanes) is 1. The summed E-state index contributed by atoms with van der Waals surface area (Å²) in [4.78, 5) is 15.0. The van der Waals surface area contributed by atoms with Crippen molar-refractivity contribution in [3.05, 3.63) is 29.8 Å². The summed E-state index contributed by atoms with van der Waals surface area (Å²) in [5.74, 6) is 0.155. The fourth-order valence-corrected chi connectivity index (χ4v) is 8.04. The zero-order valence-corrected chi connectivity index (χ0v) is 18.9. The molecule has 3 aliphatic heterocycles. The van der Waals surface area contributed by atoms with Crippen LogP contribution in [-0.2, 0) is 14.8 Å². The SMILES string of the molecule is CCCC[C@@H]1[C@H]2CCCN3CCC[C@@H](CN1S(=O)(=O)c1ccccc1C(=O)OC)[C@@H]23. The number of hydrogen-bond donors (Lipinski definition) is 0. The van der Waals surface area contributed by atoms with Crippen molar-refractivity contribution in [3.63, 3.8) is 0 Å². The molecule has 166 valence electrons. The molecule has 1 aromatic rings. The zero-order valence-electron chi connectivity index (χ0n) is 18.1. The van der Waals surface area contributed by atoms with Gasteiger partial charge in [-0.1, -0.05) is 31.9 Å². The second kappa shape index (κ2) is 8.97. The van der Waals surface area contributed by atoms with Gasteiger partial charge in [0.15, 0.2) is 0 Å². The third kappa shape index (κ3) is 3.80. The molecule has 0 radical (unpaired) electrons. The lowest BCUT2D eigenvalue weighted by Gasteiger charge is -2.57. The average molecular weight is 435 g/mol. The highest BCUT2D eigenvalue weighted by Crippen LogP contribution is 2.45. The summed E-state index contributed by atoms with van der Waals surface area (Å²) in [6.07, 6.45) is 7.41. The Morgan fingerprint density at radius 3 is 2.63 bits per heavy atom. The molecule has 6 nitrogen and oxygen atoms in total. The Kier molecular flexibility index (Phi) is 6.51. The molecule has 4 rings (SSSR count). The summed E-state index contributed by atoms with van der Waals surface area (Å²) in [6, 6.07) is 7.00. The topological polar surface area (TPSA) is 66.9 Å². The van der Waals surface area contributed by atoms with Crippen LogP contribution in [0.5, 0.6) is 0 Å². The Labute approximate surface area is 180 Å². The Balaban J connectivity index is 1.75. The van der Waals surface area contributed by atoms with Crippen LogP contribution in [0.2, 0.25) is 0 Å². The van der Waals surface area contributed by atoms with E-state index in [2.05, 4.69) is 11.8 Å². The number of benzene rings is 1. The van der Waals surface area contributed by atoms with Crippen LogP contribution in [-0.4, -0.2) is 62.4 Å². The van der Waals surface area contributed by atoms with E-state index in [-0.39, 0.29) is 16.5 Å². The van der Waals surface area contributed by atoms with Gasteiger partial charge in [-0.05, 0) is 69.2 Å². The number of methoxy groups -OCH3 is 1. The number of ether oxygens (including phenoxy) is 1. The van der Waals surface area contributed by atoms with Crippen molar-refractivity contribution in [3.8, 4) is 0 Å². The zero-order chi connectivity index (χ0) is 21.3. The Bertz CT molecular complexity index is 870. The van der Waals surface area contributed by atoms with Crippen LogP contribution >= 0.6 is 0 Å². The Morgan fingerprint density at radius 1 is 1.17 bits per heavy atom. The molecular formula is C23H34N2O4S. The maximum atomic E-state index is 13.9. The standard InChI is InChI=1S/C23H34N2O4S/c1-3-4-12-20-18-11-8-15-24-14-7-9-17(22(18)24)16-25(20)30(27,28)21-13-6-5-10-19(21)23(26)29-2/h5-6,10,13,17-18,20,22H,3-4,7-9,11-12,14-16H2,1-2H3/t17-,18+,20+,22-/m0/s1. The first-order valence-corrected chi connectivity index (χ1v) is 12.9. The predicted octanol–water partition coefficient (Wildman–Crippen LogP) is 3.53. The molecule has 0 spiro atoms. The molecule has 4 atom stereocenters. The third-order valence-corrected chi connectivity index (χ3v) is 9.31. The number of carbonyl (C=O) groups is 1. The number of piperidine rings is 3. The molecule has 3 heterocycles. The van der Waals surface area contributed by atoms with Crippen LogP contribution in [0.25, 0.3) is 0 Å². The third-order valence-electron chi connectivity index (χ3n) is 7.36. The second-order valence-corrected chi connectivity index (χ2v) is 10.9. The summed E-state index contributed by atoms with van der Waals surface area (Å²) in [5, 5.41) is 0. The van der Waals surface area contributed by atoms with Gasteiger partial charge in [0, 0.05) is 18.6 Å². The van der Waals surface area contributed by atoms with Gasteiger partial charge in [0.2, 0.25) is 10.0 Å². The van der Waals surface area contributed by atoms with Crippen LogP contribution in [0.1, 0.15) is 62.2 Å². The van der Waals surface area contributed by atoms with E-state index in [9.17, 15) is 13.2 Å². The van der Waals surface area contributed by atoms with Crippen molar-refractivity contribution in [1.82, 2.24) is 9.21 Å². The van der Waals surface area contributed by atoms with Crippen molar-refractivity contribution >= 4 is 16.0 Å². The van der Waals surface area contributed by atoms with Gasteiger partial charge < -0.3 is 4.74 Å². The summed E-state index contributed by atoms with van der Waals surface area (Å²) in [6.45, 7) is 5.01. The molecule has 0 amide bonds. The van der Waals surface area contributed by atoms with E-state index >= 15 is 0 Å². The lowest BCUT2D eigenvalue weighted by atomic mass is 9.70. The number of rotatable bonds is 6. The van der Waals surface area contributed by atoms with Gasteiger partial charge in [-0.3, -0.25) is 4.90 Å². The van der Waals surface area contributed by atoms with Gasteiger partial charge in [0.05, 0.1) is 17.6 Å². The van der Waals surface area contributed by atoms with Gasteiger partial charge in [-0.15, -0.1) is 0 Å². The number of esters is 1. The molecule has 0 N–H and O–H groups in total. The highest BCUT2D eigenvalue weighted by Gasteiger charge is 2.51. The lowest BCUT2D eigenvalue weighted by Crippen LogP contribution is -2.65. The molecule has 0 unspecified atom stereocenters. The molecule has 3 aliphatic rings. The van der Waals surface area contributed by atoms with E-state index in [1.165, 1.54) is 7.11 Å². The van der Waals surface area contributed by atoms with Gasteiger partial charge in [0.25, 0.3) is 0 Å². The molecule has 0 aliphatic carbocycles. The van der Waals surface area contributed by atoms with E-state index in [1.807, 2.05) is 0 Å². The molecule has 0 aromatic heterocycles. The van der Waals surface area contributed by atoms with Crippen molar-refractivity contribution in [2.75, 3.05) is 26.7 Å². The highest BCUT2D eigenvalue weighted by atomic mass is 32.2. The van der Waals surface area contributed by atoms with E-state index in [1.54, 1.807) is 28.6 Å². The minimum atomic E-state index is -3.80. The van der Waals surface area contributed by atoms with E-state index in [0.717, 1.165) is 58.0 Å². The average Bonchev–Trinajstić information content (AvgIpc) is 2.78. The van der Waals surface area contributed by atoms with Crippen molar-refractivity contribution in [2.45, 2.75) is 68.8 Å². The molecule has 3 saturated heterocycles. The summed E-state index contributed by atoms with van der Waals surface area (Å²) in [7, 11) is -2.51. The fourth-order valence-electron chi connectivity index (χ4n) is 6.10.